The normalized spacial score (nSPS) is 14.7. The minimum absolute atomic E-state index is 0.0892. The fraction of sp³-hybridized carbons (Fsp3) is 0.400. The molecule has 1 aliphatic carbocycles. The molecule has 8 heteroatoms. The predicted octanol–water partition coefficient (Wildman–Crippen LogP) is 3.22. The molecule has 1 aromatic heterocycles. The monoisotopic (exact) mass is 453 g/mol. The van der Waals surface area contributed by atoms with Crippen LogP contribution in [-0.2, 0) is 9.59 Å². The molecule has 0 aliphatic heterocycles. The van der Waals surface area contributed by atoms with Crippen LogP contribution >= 0.6 is 0 Å². The maximum atomic E-state index is 13.4. The van der Waals surface area contributed by atoms with Gasteiger partial charge in [-0.2, -0.15) is 0 Å². The quantitative estimate of drug-likeness (QED) is 0.538. The van der Waals surface area contributed by atoms with E-state index in [4.69, 9.17) is 9.15 Å². The maximum absolute atomic E-state index is 13.4. The lowest BCUT2D eigenvalue weighted by Gasteiger charge is -2.33. The summed E-state index contributed by atoms with van der Waals surface area (Å²) in [6, 6.07) is 9.38. The van der Waals surface area contributed by atoms with Gasteiger partial charge in [0.05, 0.1) is 19.9 Å². The van der Waals surface area contributed by atoms with Crippen LogP contribution in [0.3, 0.4) is 0 Å². The van der Waals surface area contributed by atoms with Crippen LogP contribution in [0.5, 0.6) is 5.75 Å². The summed E-state index contributed by atoms with van der Waals surface area (Å²) in [5, 5.41) is 5.69. The number of ether oxygens (including phenoxy) is 1. The maximum Gasteiger partial charge on any atom is 0.287 e. The van der Waals surface area contributed by atoms with Gasteiger partial charge in [0.2, 0.25) is 11.8 Å². The highest BCUT2D eigenvalue weighted by molar-refractivity contribution is 5.95. The van der Waals surface area contributed by atoms with Crippen molar-refractivity contribution in [1.82, 2.24) is 15.5 Å². The topological polar surface area (TPSA) is 101 Å². The van der Waals surface area contributed by atoms with Crippen molar-refractivity contribution >= 4 is 17.7 Å². The number of nitrogens with zero attached hydrogens (tertiary/aromatic N) is 1. The number of methoxy groups -OCH3 is 1. The zero-order valence-corrected chi connectivity index (χ0v) is 18.9. The molecule has 8 nitrogen and oxygen atoms in total. The number of furan rings is 1. The zero-order valence-electron chi connectivity index (χ0n) is 18.9. The first-order valence-corrected chi connectivity index (χ1v) is 11.2. The molecular formula is C25H31N3O5. The van der Waals surface area contributed by atoms with Crippen molar-refractivity contribution in [3.8, 4) is 5.75 Å². The Morgan fingerprint density at radius 3 is 2.52 bits per heavy atom. The largest absolute Gasteiger partial charge is 0.497 e. The summed E-state index contributed by atoms with van der Waals surface area (Å²) in [5.74, 6) is -0.397. The Kier molecular flexibility index (Phi) is 8.69. The molecule has 0 spiro atoms. The van der Waals surface area contributed by atoms with Crippen molar-refractivity contribution in [2.24, 2.45) is 0 Å². The smallest absolute Gasteiger partial charge is 0.287 e. The standard InChI is InChI=1S/C25H31N3O5/c1-3-15-28(22(29)17-26-24(30)21-10-7-16-33-21)23(18-11-13-20(32-2)14-12-18)25(31)27-19-8-5-4-6-9-19/h3,7,10-14,16,19,23H,1,4-6,8-9,15,17H2,2H3,(H,26,30)(H,27,31)/t23-/m0/s1. The fourth-order valence-electron chi connectivity index (χ4n) is 4.03. The Morgan fingerprint density at radius 1 is 1.18 bits per heavy atom. The lowest BCUT2D eigenvalue weighted by atomic mass is 9.94. The van der Waals surface area contributed by atoms with Crippen LogP contribution in [0.2, 0.25) is 0 Å². The highest BCUT2D eigenvalue weighted by Crippen LogP contribution is 2.26. The third-order valence-electron chi connectivity index (χ3n) is 5.73. The summed E-state index contributed by atoms with van der Waals surface area (Å²) in [7, 11) is 1.57. The highest BCUT2D eigenvalue weighted by atomic mass is 16.5. The predicted molar refractivity (Wildman–Crippen MR) is 124 cm³/mol. The van der Waals surface area contributed by atoms with Gasteiger partial charge in [-0.05, 0) is 42.7 Å². The lowest BCUT2D eigenvalue weighted by molar-refractivity contribution is -0.139. The molecule has 2 N–H and O–H groups in total. The Morgan fingerprint density at radius 2 is 1.91 bits per heavy atom. The number of nitrogens with one attached hydrogen (secondary N) is 2. The van der Waals surface area contributed by atoms with E-state index in [1.165, 1.54) is 23.7 Å². The number of benzene rings is 1. The van der Waals surface area contributed by atoms with Crippen molar-refractivity contribution in [2.75, 3.05) is 20.2 Å². The van der Waals surface area contributed by atoms with E-state index < -0.39 is 17.9 Å². The van der Waals surface area contributed by atoms with Gasteiger partial charge in [0, 0.05) is 12.6 Å². The summed E-state index contributed by atoms with van der Waals surface area (Å²) in [4.78, 5) is 40.2. The van der Waals surface area contributed by atoms with E-state index in [0.29, 0.717) is 11.3 Å². The molecule has 0 radical (unpaired) electrons. The summed E-state index contributed by atoms with van der Waals surface area (Å²) in [6.07, 6.45) is 8.13. The molecule has 1 fully saturated rings. The van der Waals surface area contributed by atoms with Gasteiger partial charge in [-0.1, -0.05) is 37.5 Å². The second-order valence-corrected chi connectivity index (χ2v) is 8.01. The van der Waals surface area contributed by atoms with E-state index >= 15 is 0 Å². The van der Waals surface area contributed by atoms with Gasteiger partial charge in [-0.3, -0.25) is 14.4 Å². The van der Waals surface area contributed by atoms with E-state index in [1.807, 2.05) is 0 Å². The molecule has 0 saturated heterocycles. The summed E-state index contributed by atoms with van der Waals surface area (Å²) in [6.45, 7) is 3.61. The Balaban J connectivity index is 1.81. The van der Waals surface area contributed by atoms with E-state index in [2.05, 4.69) is 17.2 Å². The van der Waals surface area contributed by atoms with Crippen LogP contribution < -0.4 is 15.4 Å². The first kappa shape index (κ1) is 24.1. The van der Waals surface area contributed by atoms with Gasteiger partial charge >= 0.3 is 0 Å². The molecule has 1 aromatic carbocycles. The molecule has 0 bridgehead atoms. The molecule has 3 rings (SSSR count). The molecular weight excluding hydrogens is 422 g/mol. The number of hydrogen-bond donors (Lipinski definition) is 2. The van der Waals surface area contributed by atoms with Gasteiger partial charge in [-0.25, -0.2) is 0 Å². The van der Waals surface area contributed by atoms with Crippen molar-refractivity contribution in [3.05, 3.63) is 66.6 Å². The molecule has 176 valence electrons. The second kappa shape index (κ2) is 11.9. The summed E-state index contributed by atoms with van der Waals surface area (Å²) in [5.41, 5.74) is 0.650. The van der Waals surface area contributed by atoms with E-state index in [1.54, 1.807) is 43.5 Å². The molecule has 1 atom stereocenters. The third-order valence-corrected chi connectivity index (χ3v) is 5.73. The van der Waals surface area contributed by atoms with E-state index in [-0.39, 0.29) is 30.8 Å². The average molecular weight is 454 g/mol. The average Bonchev–Trinajstić information content (AvgIpc) is 3.38. The molecule has 1 saturated carbocycles. The van der Waals surface area contributed by atoms with Crippen LogP contribution in [0.15, 0.2) is 59.7 Å². The second-order valence-electron chi connectivity index (χ2n) is 8.01. The number of hydrogen-bond acceptors (Lipinski definition) is 5. The van der Waals surface area contributed by atoms with Crippen molar-refractivity contribution < 1.29 is 23.5 Å². The molecule has 1 aliphatic rings. The van der Waals surface area contributed by atoms with Gasteiger partial charge in [0.25, 0.3) is 5.91 Å². The van der Waals surface area contributed by atoms with E-state index in [0.717, 1.165) is 25.7 Å². The number of rotatable bonds is 10. The first-order valence-electron chi connectivity index (χ1n) is 11.2. The van der Waals surface area contributed by atoms with Crippen LogP contribution in [0.4, 0.5) is 0 Å². The summed E-state index contributed by atoms with van der Waals surface area (Å²) >= 11 is 0. The molecule has 0 unspecified atom stereocenters. The van der Waals surface area contributed by atoms with Crippen molar-refractivity contribution in [1.29, 1.82) is 0 Å². The molecule has 1 heterocycles. The fourth-order valence-corrected chi connectivity index (χ4v) is 4.03. The van der Waals surface area contributed by atoms with Crippen LogP contribution in [0, 0.1) is 0 Å². The highest BCUT2D eigenvalue weighted by Gasteiger charge is 2.32. The van der Waals surface area contributed by atoms with Gasteiger partial charge in [0.1, 0.15) is 11.8 Å². The van der Waals surface area contributed by atoms with Crippen LogP contribution in [0.1, 0.15) is 54.3 Å². The minimum Gasteiger partial charge on any atom is -0.497 e. The van der Waals surface area contributed by atoms with Gasteiger partial charge < -0.3 is 24.7 Å². The number of amides is 3. The minimum atomic E-state index is -0.871. The van der Waals surface area contributed by atoms with Gasteiger partial charge in [-0.15, -0.1) is 6.58 Å². The van der Waals surface area contributed by atoms with Crippen molar-refractivity contribution in [3.63, 3.8) is 0 Å². The zero-order chi connectivity index (χ0) is 23.6. The molecule has 3 amide bonds. The number of carbonyl (C=O) groups is 3. The summed E-state index contributed by atoms with van der Waals surface area (Å²) < 4.78 is 10.3. The van der Waals surface area contributed by atoms with Gasteiger partial charge in [0.15, 0.2) is 5.76 Å². The SMILES string of the molecule is C=CCN(C(=O)CNC(=O)c1ccco1)[C@H](C(=O)NC1CCCCC1)c1ccc(OC)cc1. The first-order chi connectivity index (χ1) is 16.0. The molecule has 2 aromatic rings. The Bertz CT molecular complexity index is 933. The van der Waals surface area contributed by atoms with E-state index in [9.17, 15) is 14.4 Å². The van der Waals surface area contributed by atoms with Crippen molar-refractivity contribution in [2.45, 2.75) is 44.2 Å². The molecule has 33 heavy (non-hydrogen) atoms. The van der Waals surface area contributed by atoms with Crippen LogP contribution in [-0.4, -0.2) is 48.9 Å². The third kappa shape index (κ3) is 6.47. The Hall–Kier alpha value is -3.55. The number of carbonyl (C=O) groups excluding carboxylic acids is 3. The van der Waals surface area contributed by atoms with Crippen LogP contribution in [0.25, 0.3) is 0 Å². The lowest BCUT2D eigenvalue weighted by Crippen LogP contribution is -2.49. The Labute approximate surface area is 194 Å².